The van der Waals surface area contributed by atoms with Crippen LogP contribution in [0.5, 0.6) is 5.75 Å². The molecule has 100 valence electrons. The number of carbonyl (C=O) groups excluding carboxylic acids is 1. The lowest BCUT2D eigenvalue weighted by Crippen LogP contribution is -2.14. The highest BCUT2D eigenvalue weighted by Gasteiger charge is 2.12. The van der Waals surface area contributed by atoms with Gasteiger partial charge in [0.2, 0.25) is 0 Å². The van der Waals surface area contributed by atoms with Gasteiger partial charge in [-0.1, -0.05) is 6.07 Å². The first-order valence-electron chi connectivity index (χ1n) is 5.46. The van der Waals surface area contributed by atoms with Crippen molar-refractivity contribution in [2.45, 2.75) is 6.54 Å². The Morgan fingerprint density at radius 1 is 1.53 bits per heavy atom. The number of aromatic nitrogens is 2. The van der Waals surface area contributed by atoms with Gasteiger partial charge < -0.3 is 16.2 Å². The van der Waals surface area contributed by atoms with Crippen molar-refractivity contribution in [3.8, 4) is 5.75 Å². The Labute approximate surface area is 108 Å². The largest absolute Gasteiger partial charge is 0.497 e. The summed E-state index contributed by atoms with van der Waals surface area (Å²) in [5.41, 5.74) is 11.2. The summed E-state index contributed by atoms with van der Waals surface area (Å²) in [6.45, 7) is 0.146. The fourth-order valence-corrected chi connectivity index (χ4v) is 1.67. The zero-order chi connectivity index (χ0) is 14.0. The molecule has 0 spiro atoms. The number of halogens is 1. The van der Waals surface area contributed by atoms with Crippen LogP contribution in [0.3, 0.4) is 0 Å². The highest BCUT2D eigenvalue weighted by molar-refractivity contribution is 5.95. The third-order valence-corrected chi connectivity index (χ3v) is 2.62. The van der Waals surface area contributed by atoms with Crippen LogP contribution in [0, 0.1) is 5.82 Å². The van der Waals surface area contributed by atoms with Crippen molar-refractivity contribution in [3.05, 3.63) is 41.5 Å². The maximum Gasteiger partial charge on any atom is 0.271 e. The Hall–Kier alpha value is -2.57. The summed E-state index contributed by atoms with van der Waals surface area (Å²) in [4.78, 5) is 11.0. The van der Waals surface area contributed by atoms with E-state index in [9.17, 15) is 9.18 Å². The number of benzene rings is 1. The Balaban J connectivity index is 2.26. The van der Waals surface area contributed by atoms with Gasteiger partial charge in [0.25, 0.3) is 5.91 Å². The van der Waals surface area contributed by atoms with E-state index in [-0.39, 0.29) is 17.9 Å². The van der Waals surface area contributed by atoms with Crippen LogP contribution in [0.15, 0.2) is 24.4 Å². The fraction of sp³-hybridized carbons (Fsp3) is 0.167. The van der Waals surface area contributed by atoms with E-state index in [0.717, 1.165) is 0 Å². The van der Waals surface area contributed by atoms with Crippen LogP contribution in [0.1, 0.15) is 16.1 Å². The quantitative estimate of drug-likeness (QED) is 0.852. The van der Waals surface area contributed by atoms with Crippen molar-refractivity contribution < 1.29 is 13.9 Å². The van der Waals surface area contributed by atoms with Gasteiger partial charge in [0.15, 0.2) is 5.69 Å². The average molecular weight is 264 g/mol. The number of amides is 1. The fourth-order valence-electron chi connectivity index (χ4n) is 1.67. The van der Waals surface area contributed by atoms with Gasteiger partial charge in [-0.25, -0.2) is 4.39 Å². The standard InChI is InChI=1S/C12H13FN4O2/c1-19-8-3-2-7(9(13)4-8)5-17-6-10(14)11(16-17)12(15)18/h2-4,6H,5,14H2,1H3,(H2,15,18). The second kappa shape index (κ2) is 4.97. The molecule has 1 aromatic heterocycles. The summed E-state index contributed by atoms with van der Waals surface area (Å²) in [5, 5.41) is 3.91. The highest BCUT2D eigenvalue weighted by Crippen LogP contribution is 2.18. The zero-order valence-electron chi connectivity index (χ0n) is 10.3. The zero-order valence-corrected chi connectivity index (χ0v) is 10.3. The van der Waals surface area contributed by atoms with Crippen molar-refractivity contribution in [1.82, 2.24) is 9.78 Å². The number of nitrogens with zero attached hydrogens (tertiary/aromatic N) is 2. The van der Waals surface area contributed by atoms with Gasteiger partial charge in [-0.05, 0) is 6.07 Å². The summed E-state index contributed by atoms with van der Waals surface area (Å²) in [5.74, 6) is -0.709. The van der Waals surface area contributed by atoms with Gasteiger partial charge in [0.1, 0.15) is 11.6 Å². The van der Waals surface area contributed by atoms with Crippen LogP contribution in [-0.4, -0.2) is 22.8 Å². The van der Waals surface area contributed by atoms with Crippen molar-refractivity contribution in [1.29, 1.82) is 0 Å². The van der Waals surface area contributed by atoms with E-state index in [0.29, 0.717) is 11.3 Å². The van der Waals surface area contributed by atoms with Crippen LogP contribution >= 0.6 is 0 Å². The molecule has 0 saturated carbocycles. The molecule has 7 heteroatoms. The lowest BCUT2D eigenvalue weighted by atomic mass is 10.2. The van der Waals surface area contributed by atoms with Gasteiger partial charge in [-0.3, -0.25) is 9.48 Å². The molecule has 0 aliphatic heterocycles. The summed E-state index contributed by atoms with van der Waals surface area (Å²) in [7, 11) is 1.46. The lowest BCUT2D eigenvalue weighted by molar-refractivity contribution is 0.0995. The molecule has 0 atom stereocenters. The summed E-state index contributed by atoms with van der Waals surface area (Å²) < 4.78 is 20.0. The van der Waals surface area contributed by atoms with Gasteiger partial charge in [0.05, 0.1) is 19.3 Å². The molecule has 0 bridgehead atoms. The normalized spacial score (nSPS) is 10.4. The molecule has 2 aromatic rings. The molecule has 6 nitrogen and oxygen atoms in total. The topological polar surface area (TPSA) is 96.2 Å². The SMILES string of the molecule is COc1ccc(Cn2cc(N)c(C(N)=O)n2)c(F)c1. The van der Waals surface area contributed by atoms with Crippen LogP contribution in [0.25, 0.3) is 0 Å². The molecule has 4 N–H and O–H groups in total. The number of rotatable bonds is 4. The minimum absolute atomic E-state index is 0.0195. The number of nitrogen functional groups attached to an aromatic ring is 1. The molecular weight excluding hydrogens is 251 g/mol. The van der Waals surface area contributed by atoms with E-state index in [2.05, 4.69) is 5.10 Å². The monoisotopic (exact) mass is 264 g/mol. The number of hydrogen-bond acceptors (Lipinski definition) is 4. The number of anilines is 1. The van der Waals surface area contributed by atoms with E-state index in [1.807, 2.05) is 0 Å². The molecule has 0 aliphatic rings. The second-order valence-electron chi connectivity index (χ2n) is 3.95. The number of methoxy groups -OCH3 is 1. The van der Waals surface area contributed by atoms with E-state index >= 15 is 0 Å². The van der Waals surface area contributed by atoms with Gasteiger partial charge in [-0.15, -0.1) is 0 Å². The molecule has 1 heterocycles. The Bertz CT molecular complexity index is 624. The number of carbonyl (C=O) groups is 1. The van der Waals surface area contributed by atoms with E-state index < -0.39 is 11.7 Å². The predicted molar refractivity (Wildman–Crippen MR) is 67.2 cm³/mol. The number of primary amides is 1. The minimum atomic E-state index is -0.716. The molecule has 0 radical (unpaired) electrons. The molecular formula is C12H13FN4O2. The molecule has 1 amide bonds. The van der Waals surface area contributed by atoms with Crippen molar-refractivity contribution in [3.63, 3.8) is 0 Å². The van der Waals surface area contributed by atoms with Crippen LogP contribution in [0.4, 0.5) is 10.1 Å². The van der Waals surface area contributed by atoms with Crippen LogP contribution in [0.2, 0.25) is 0 Å². The number of nitrogens with two attached hydrogens (primary N) is 2. The first kappa shape index (κ1) is 12.9. The summed E-state index contributed by atoms with van der Waals surface area (Å²) in [6, 6.07) is 4.49. The van der Waals surface area contributed by atoms with Crippen LogP contribution < -0.4 is 16.2 Å². The van der Waals surface area contributed by atoms with Crippen LogP contribution in [-0.2, 0) is 6.54 Å². The van der Waals surface area contributed by atoms with Crippen molar-refractivity contribution >= 4 is 11.6 Å². The average Bonchev–Trinajstić information content (AvgIpc) is 2.73. The molecule has 1 aromatic carbocycles. The maximum absolute atomic E-state index is 13.7. The molecule has 0 saturated heterocycles. The smallest absolute Gasteiger partial charge is 0.271 e. The minimum Gasteiger partial charge on any atom is -0.497 e. The molecule has 0 aliphatic carbocycles. The van der Waals surface area contributed by atoms with E-state index in [1.54, 1.807) is 12.1 Å². The van der Waals surface area contributed by atoms with Gasteiger partial charge in [0, 0.05) is 17.8 Å². The molecule has 2 rings (SSSR count). The molecule has 19 heavy (non-hydrogen) atoms. The Morgan fingerprint density at radius 3 is 2.79 bits per heavy atom. The third-order valence-electron chi connectivity index (χ3n) is 2.62. The number of ether oxygens (including phenoxy) is 1. The lowest BCUT2D eigenvalue weighted by Gasteiger charge is -2.05. The van der Waals surface area contributed by atoms with Gasteiger partial charge in [-0.2, -0.15) is 5.10 Å². The molecule has 0 fully saturated rings. The summed E-state index contributed by atoms with van der Waals surface area (Å²) >= 11 is 0. The van der Waals surface area contributed by atoms with Crippen molar-refractivity contribution in [2.24, 2.45) is 5.73 Å². The van der Waals surface area contributed by atoms with Gasteiger partial charge >= 0.3 is 0 Å². The molecule has 0 unspecified atom stereocenters. The first-order valence-corrected chi connectivity index (χ1v) is 5.46. The first-order chi connectivity index (χ1) is 9.01. The third kappa shape index (κ3) is 2.65. The predicted octanol–water partition coefficient (Wildman–Crippen LogP) is 0.760. The second-order valence-corrected chi connectivity index (χ2v) is 3.95. The Morgan fingerprint density at radius 2 is 2.26 bits per heavy atom. The number of hydrogen-bond donors (Lipinski definition) is 2. The Kier molecular flexibility index (Phi) is 3.37. The van der Waals surface area contributed by atoms with E-state index in [1.165, 1.54) is 24.1 Å². The highest BCUT2D eigenvalue weighted by atomic mass is 19.1. The van der Waals surface area contributed by atoms with E-state index in [4.69, 9.17) is 16.2 Å². The maximum atomic E-state index is 13.7. The van der Waals surface area contributed by atoms with Crippen molar-refractivity contribution in [2.75, 3.05) is 12.8 Å². The summed E-state index contributed by atoms with van der Waals surface area (Å²) in [6.07, 6.45) is 1.43.